The van der Waals surface area contributed by atoms with Crippen molar-refractivity contribution in [3.63, 3.8) is 0 Å². The number of hydrogen-bond acceptors (Lipinski definition) is 2. The fraction of sp³-hybridized carbons (Fsp3) is 0.231. The maximum atomic E-state index is 6.05. The summed E-state index contributed by atoms with van der Waals surface area (Å²) in [5.74, 6) is 0. The van der Waals surface area contributed by atoms with E-state index < -0.39 is 0 Å². The summed E-state index contributed by atoms with van der Waals surface area (Å²) < 4.78 is 1.83. The van der Waals surface area contributed by atoms with Crippen molar-refractivity contribution < 1.29 is 0 Å². The number of halogens is 1. The second-order valence-electron chi connectivity index (χ2n) is 4.17. The number of anilines is 1. The molecule has 0 radical (unpaired) electrons. The van der Waals surface area contributed by atoms with Crippen molar-refractivity contribution in [3.8, 4) is 0 Å². The Morgan fingerprint density at radius 2 is 2.16 bits per heavy atom. The number of nitrogens with zero attached hydrogens (tertiary/aromatic N) is 2. The normalized spacial score (nSPS) is 10.3. The minimum atomic E-state index is 0.538. The highest BCUT2D eigenvalue weighted by molar-refractivity contribution is 7.80. The van der Waals surface area contributed by atoms with Crippen molar-refractivity contribution in [3.05, 3.63) is 46.7 Å². The topological polar surface area (TPSA) is 41.9 Å². The van der Waals surface area contributed by atoms with E-state index in [1.54, 1.807) is 0 Å². The van der Waals surface area contributed by atoms with Crippen LogP contribution >= 0.6 is 23.8 Å². The number of aryl methyl sites for hydroxylation is 1. The van der Waals surface area contributed by atoms with Crippen molar-refractivity contribution in [2.45, 2.75) is 13.5 Å². The molecule has 0 bridgehead atoms. The van der Waals surface area contributed by atoms with Crippen molar-refractivity contribution in [2.24, 2.45) is 7.05 Å². The number of rotatable bonds is 3. The third-order valence-corrected chi connectivity index (χ3v) is 3.47. The van der Waals surface area contributed by atoms with E-state index in [0.29, 0.717) is 16.7 Å². The maximum Gasteiger partial charge on any atom is 0.171 e. The Balaban J connectivity index is 1.92. The zero-order chi connectivity index (χ0) is 13.8. The minimum absolute atomic E-state index is 0.538. The summed E-state index contributed by atoms with van der Waals surface area (Å²) in [6, 6.07) is 7.48. The molecule has 2 aromatic rings. The lowest BCUT2D eigenvalue weighted by molar-refractivity contribution is 0.736. The lowest BCUT2D eigenvalue weighted by atomic mass is 10.2. The van der Waals surface area contributed by atoms with E-state index in [0.717, 1.165) is 16.9 Å². The van der Waals surface area contributed by atoms with Crippen LogP contribution in [0.3, 0.4) is 0 Å². The van der Waals surface area contributed by atoms with Gasteiger partial charge in [-0.15, -0.1) is 0 Å². The monoisotopic (exact) mass is 294 g/mol. The van der Waals surface area contributed by atoms with Crippen LogP contribution in [0.4, 0.5) is 5.69 Å². The number of benzene rings is 1. The molecule has 4 nitrogen and oxygen atoms in total. The summed E-state index contributed by atoms with van der Waals surface area (Å²) >= 11 is 11.3. The first-order valence-corrected chi connectivity index (χ1v) is 6.63. The van der Waals surface area contributed by atoms with Gasteiger partial charge in [0, 0.05) is 24.8 Å². The van der Waals surface area contributed by atoms with Gasteiger partial charge in [-0.2, -0.15) is 5.10 Å². The van der Waals surface area contributed by atoms with Crippen LogP contribution in [0, 0.1) is 6.92 Å². The van der Waals surface area contributed by atoms with Crippen LogP contribution < -0.4 is 10.6 Å². The summed E-state index contributed by atoms with van der Waals surface area (Å²) in [4.78, 5) is 0. The molecule has 2 rings (SSSR count). The zero-order valence-electron chi connectivity index (χ0n) is 10.8. The standard InChI is InChI=1S/C13H15ClN4S/c1-9-10(8-16-18(9)2)7-15-13(19)17-12-6-4-3-5-11(12)14/h3-6,8H,7H2,1-2H3,(H2,15,17,19). The fourth-order valence-corrected chi connectivity index (χ4v) is 1.99. The third-order valence-electron chi connectivity index (χ3n) is 2.90. The lowest BCUT2D eigenvalue weighted by Crippen LogP contribution is -2.28. The molecule has 19 heavy (non-hydrogen) atoms. The molecule has 0 aliphatic carbocycles. The molecule has 0 saturated carbocycles. The average molecular weight is 295 g/mol. The first-order chi connectivity index (χ1) is 9.08. The van der Waals surface area contributed by atoms with Crippen molar-refractivity contribution in [1.82, 2.24) is 15.1 Å². The van der Waals surface area contributed by atoms with E-state index in [4.69, 9.17) is 23.8 Å². The maximum absolute atomic E-state index is 6.05. The quantitative estimate of drug-likeness (QED) is 0.854. The molecule has 0 spiro atoms. The van der Waals surface area contributed by atoms with E-state index in [-0.39, 0.29) is 0 Å². The molecule has 6 heteroatoms. The lowest BCUT2D eigenvalue weighted by Gasteiger charge is -2.11. The van der Waals surface area contributed by atoms with Crippen LogP contribution in [0.2, 0.25) is 5.02 Å². The fourth-order valence-electron chi connectivity index (χ4n) is 1.62. The van der Waals surface area contributed by atoms with E-state index >= 15 is 0 Å². The van der Waals surface area contributed by atoms with Crippen LogP contribution in [0.15, 0.2) is 30.5 Å². The summed E-state index contributed by atoms with van der Waals surface area (Å²) in [5, 5.41) is 11.6. The number of aromatic nitrogens is 2. The number of hydrogen-bond donors (Lipinski definition) is 2. The van der Waals surface area contributed by atoms with E-state index in [1.807, 2.05) is 49.1 Å². The SMILES string of the molecule is Cc1c(CNC(=S)Nc2ccccc2Cl)cnn1C. The zero-order valence-corrected chi connectivity index (χ0v) is 12.3. The molecule has 100 valence electrons. The molecule has 1 aromatic carbocycles. The molecule has 0 unspecified atom stereocenters. The summed E-state index contributed by atoms with van der Waals surface area (Å²) in [7, 11) is 1.92. The largest absolute Gasteiger partial charge is 0.358 e. The van der Waals surface area contributed by atoms with Crippen molar-refractivity contribution in [2.75, 3.05) is 5.32 Å². The van der Waals surface area contributed by atoms with Gasteiger partial charge in [0.2, 0.25) is 0 Å². The van der Waals surface area contributed by atoms with Gasteiger partial charge in [-0.05, 0) is 31.3 Å². The van der Waals surface area contributed by atoms with Crippen molar-refractivity contribution >= 4 is 34.6 Å². The second kappa shape index (κ2) is 6.04. The molecule has 0 fully saturated rings. The second-order valence-corrected chi connectivity index (χ2v) is 4.98. The van der Waals surface area contributed by atoms with E-state index in [9.17, 15) is 0 Å². The molecule has 0 atom stereocenters. The van der Waals surface area contributed by atoms with Gasteiger partial charge in [0.25, 0.3) is 0 Å². The number of para-hydroxylation sites is 1. The number of nitrogens with one attached hydrogen (secondary N) is 2. The van der Waals surface area contributed by atoms with Gasteiger partial charge >= 0.3 is 0 Å². The van der Waals surface area contributed by atoms with Gasteiger partial charge in [-0.1, -0.05) is 23.7 Å². The van der Waals surface area contributed by atoms with Gasteiger partial charge in [0.05, 0.1) is 16.9 Å². The van der Waals surface area contributed by atoms with Crippen LogP contribution in [-0.4, -0.2) is 14.9 Å². The van der Waals surface area contributed by atoms with Gasteiger partial charge in [0.15, 0.2) is 5.11 Å². The molecule has 0 aliphatic heterocycles. The smallest absolute Gasteiger partial charge is 0.171 e. The predicted molar refractivity (Wildman–Crippen MR) is 82.5 cm³/mol. The highest BCUT2D eigenvalue weighted by Crippen LogP contribution is 2.20. The van der Waals surface area contributed by atoms with Gasteiger partial charge in [-0.25, -0.2) is 0 Å². The Bertz CT molecular complexity index is 594. The highest BCUT2D eigenvalue weighted by atomic mass is 35.5. The summed E-state index contributed by atoms with van der Waals surface area (Å²) in [6.07, 6.45) is 1.83. The molecule has 0 saturated heterocycles. The first kappa shape index (κ1) is 13.8. The van der Waals surface area contributed by atoms with Crippen LogP contribution in [0.5, 0.6) is 0 Å². The molecule has 2 N–H and O–H groups in total. The van der Waals surface area contributed by atoms with Gasteiger partial charge < -0.3 is 10.6 Å². The molecule has 0 aliphatic rings. The molecular formula is C13H15ClN4S. The summed E-state index contributed by atoms with van der Waals surface area (Å²) in [5.41, 5.74) is 3.03. The highest BCUT2D eigenvalue weighted by Gasteiger charge is 2.05. The van der Waals surface area contributed by atoms with Crippen LogP contribution in [-0.2, 0) is 13.6 Å². The molecule has 0 amide bonds. The minimum Gasteiger partial charge on any atom is -0.358 e. The van der Waals surface area contributed by atoms with E-state index in [1.165, 1.54) is 0 Å². The Morgan fingerprint density at radius 3 is 2.79 bits per heavy atom. The molecule has 1 heterocycles. The third kappa shape index (κ3) is 3.45. The van der Waals surface area contributed by atoms with Crippen molar-refractivity contribution in [1.29, 1.82) is 0 Å². The Morgan fingerprint density at radius 1 is 1.42 bits per heavy atom. The van der Waals surface area contributed by atoms with Crippen LogP contribution in [0.1, 0.15) is 11.3 Å². The molecular weight excluding hydrogens is 280 g/mol. The Labute approximate surface area is 122 Å². The Kier molecular flexibility index (Phi) is 4.39. The first-order valence-electron chi connectivity index (χ1n) is 5.85. The Hall–Kier alpha value is -1.59. The van der Waals surface area contributed by atoms with Crippen LogP contribution in [0.25, 0.3) is 0 Å². The van der Waals surface area contributed by atoms with Gasteiger partial charge in [0.1, 0.15) is 0 Å². The van der Waals surface area contributed by atoms with E-state index in [2.05, 4.69) is 15.7 Å². The summed E-state index contributed by atoms with van der Waals surface area (Å²) in [6.45, 7) is 2.66. The average Bonchev–Trinajstić information content (AvgIpc) is 2.70. The van der Waals surface area contributed by atoms with Gasteiger partial charge in [-0.3, -0.25) is 4.68 Å². The predicted octanol–water partition coefficient (Wildman–Crippen LogP) is 2.87. The molecule has 1 aromatic heterocycles. The number of thiocarbonyl (C=S) groups is 1.